The SMILES string of the molecule is COC(=O)/C(=C/c1ccc(OC)cc1CN(C(=O)OC(C)(C)C)C(=O)OC(C)(C)C)CC(=O)[O-]. The van der Waals surface area contributed by atoms with Crippen molar-refractivity contribution in [3.05, 3.63) is 34.9 Å². The van der Waals surface area contributed by atoms with Gasteiger partial charge in [-0.25, -0.2) is 19.3 Å². The molecule has 0 atom stereocenters. The molecule has 188 valence electrons. The Kier molecular flexibility index (Phi) is 9.66. The van der Waals surface area contributed by atoms with Crippen molar-refractivity contribution < 1.29 is 43.2 Å². The van der Waals surface area contributed by atoms with Gasteiger partial charge >= 0.3 is 18.2 Å². The first-order valence-electron chi connectivity index (χ1n) is 10.5. The van der Waals surface area contributed by atoms with Gasteiger partial charge in [-0.15, -0.1) is 0 Å². The Morgan fingerprint density at radius 2 is 1.47 bits per heavy atom. The first-order valence-corrected chi connectivity index (χ1v) is 10.5. The summed E-state index contributed by atoms with van der Waals surface area (Å²) in [5.74, 6) is -1.93. The van der Waals surface area contributed by atoms with Gasteiger partial charge in [-0.05, 0) is 70.9 Å². The smallest absolute Gasteiger partial charge is 0.420 e. The maximum Gasteiger partial charge on any atom is 0.420 e. The Balaban J connectivity index is 3.56. The molecule has 0 aliphatic heterocycles. The molecule has 0 N–H and O–H groups in total. The van der Waals surface area contributed by atoms with Crippen LogP contribution in [0.15, 0.2) is 23.8 Å². The van der Waals surface area contributed by atoms with Gasteiger partial charge in [0.25, 0.3) is 0 Å². The minimum absolute atomic E-state index is 0.185. The fourth-order valence-corrected chi connectivity index (χ4v) is 2.65. The van der Waals surface area contributed by atoms with Crippen molar-refractivity contribution in [3.8, 4) is 5.75 Å². The molecule has 0 unspecified atom stereocenters. The van der Waals surface area contributed by atoms with E-state index in [2.05, 4.69) is 4.74 Å². The van der Waals surface area contributed by atoms with Gasteiger partial charge in [0.05, 0.1) is 20.8 Å². The number of nitrogens with zero attached hydrogens (tertiary/aromatic N) is 1. The van der Waals surface area contributed by atoms with Gasteiger partial charge in [0, 0.05) is 18.0 Å². The van der Waals surface area contributed by atoms with Crippen molar-refractivity contribution in [2.45, 2.75) is 65.7 Å². The van der Waals surface area contributed by atoms with Gasteiger partial charge in [0.15, 0.2) is 0 Å². The van der Waals surface area contributed by atoms with Crippen LogP contribution >= 0.6 is 0 Å². The lowest BCUT2D eigenvalue weighted by Crippen LogP contribution is -2.43. The molecule has 0 aliphatic rings. The van der Waals surface area contributed by atoms with Crippen LogP contribution in [0.25, 0.3) is 6.08 Å². The van der Waals surface area contributed by atoms with E-state index in [9.17, 15) is 24.3 Å². The molecule has 0 aliphatic carbocycles. The van der Waals surface area contributed by atoms with E-state index >= 15 is 0 Å². The number of hydrogen-bond donors (Lipinski definition) is 0. The molecular formula is C24H32NO9-. The highest BCUT2D eigenvalue weighted by Gasteiger charge is 2.32. The maximum absolute atomic E-state index is 12.9. The monoisotopic (exact) mass is 478 g/mol. The number of carbonyl (C=O) groups excluding carboxylic acids is 4. The summed E-state index contributed by atoms with van der Waals surface area (Å²) in [5, 5.41) is 11.1. The molecule has 2 amide bonds. The average molecular weight is 479 g/mol. The Labute approximate surface area is 199 Å². The summed E-state index contributed by atoms with van der Waals surface area (Å²) in [7, 11) is 2.55. The van der Waals surface area contributed by atoms with Crippen molar-refractivity contribution in [2.24, 2.45) is 0 Å². The van der Waals surface area contributed by atoms with Crippen molar-refractivity contribution in [3.63, 3.8) is 0 Å². The van der Waals surface area contributed by atoms with Crippen LogP contribution in [0.1, 0.15) is 59.1 Å². The quantitative estimate of drug-likeness (QED) is 0.329. The highest BCUT2D eigenvalue weighted by atomic mass is 16.6. The predicted octanol–water partition coefficient (Wildman–Crippen LogP) is 3.06. The summed E-state index contributed by atoms with van der Waals surface area (Å²) in [6.07, 6.45) is -1.29. The van der Waals surface area contributed by atoms with E-state index in [1.165, 1.54) is 13.2 Å². The third-order valence-electron chi connectivity index (χ3n) is 4.02. The Hall–Kier alpha value is -3.56. The Morgan fingerprint density at radius 3 is 1.88 bits per heavy atom. The molecule has 0 saturated heterocycles. The predicted molar refractivity (Wildman–Crippen MR) is 121 cm³/mol. The molecule has 0 fully saturated rings. The number of esters is 1. The van der Waals surface area contributed by atoms with E-state index in [0.29, 0.717) is 16.9 Å². The zero-order valence-corrected chi connectivity index (χ0v) is 20.8. The van der Waals surface area contributed by atoms with Crippen LogP contribution in [0, 0.1) is 0 Å². The fourth-order valence-electron chi connectivity index (χ4n) is 2.65. The molecule has 1 rings (SSSR count). The third-order valence-corrected chi connectivity index (χ3v) is 4.02. The van der Waals surface area contributed by atoms with E-state index in [-0.39, 0.29) is 12.1 Å². The summed E-state index contributed by atoms with van der Waals surface area (Å²) in [6, 6.07) is 4.67. The number of imide groups is 1. The summed E-state index contributed by atoms with van der Waals surface area (Å²) < 4.78 is 20.6. The van der Waals surface area contributed by atoms with Crippen LogP contribution < -0.4 is 9.84 Å². The van der Waals surface area contributed by atoms with Crippen LogP contribution in [-0.4, -0.2) is 54.4 Å². The minimum atomic E-state index is -1.48. The molecule has 0 saturated carbocycles. The lowest BCUT2D eigenvalue weighted by atomic mass is 10.0. The highest BCUT2D eigenvalue weighted by Crippen LogP contribution is 2.25. The number of benzene rings is 1. The van der Waals surface area contributed by atoms with E-state index in [4.69, 9.17) is 14.2 Å². The number of amides is 2. The molecule has 34 heavy (non-hydrogen) atoms. The molecule has 10 nitrogen and oxygen atoms in total. The summed E-state index contributed by atoms with van der Waals surface area (Å²) in [5.41, 5.74) is -1.26. The number of aliphatic carboxylic acids is 1. The molecule has 0 spiro atoms. The van der Waals surface area contributed by atoms with Gasteiger partial charge in [0.2, 0.25) is 0 Å². The van der Waals surface area contributed by atoms with Crippen LogP contribution in [0.5, 0.6) is 5.75 Å². The zero-order chi connectivity index (χ0) is 26.3. The number of methoxy groups -OCH3 is 2. The number of carboxylic acid groups (broad SMARTS) is 1. The number of carboxylic acids is 1. The minimum Gasteiger partial charge on any atom is -0.550 e. The zero-order valence-electron chi connectivity index (χ0n) is 20.8. The molecule has 0 aromatic heterocycles. The van der Waals surface area contributed by atoms with Crippen molar-refractivity contribution >= 4 is 30.2 Å². The second kappa shape index (κ2) is 11.5. The molecule has 0 bridgehead atoms. The molecule has 1 aromatic rings. The average Bonchev–Trinajstić information content (AvgIpc) is 2.68. The van der Waals surface area contributed by atoms with Crippen molar-refractivity contribution in [1.29, 1.82) is 0 Å². The largest absolute Gasteiger partial charge is 0.550 e. The standard InChI is InChI=1S/C24H33NO9/c1-23(2,3)33-21(29)25(22(30)34-24(4,5)6)14-17-12-18(31-7)10-9-15(17)11-16(13-19(26)27)20(28)32-8/h9-12H,13-14H2,1-8H3,(H,26,27)/p-1/b16-11+. The molecule has 0 radical (unpaired) electrons. The Bertz CT molecular complexity index is 924. The van der Waals surface area contributed by atoms with Crippen LogP contribution in [0.4, 0.5) is 9.59 Å². The van der Waals surface area contributed by atoms with Gasteiger partial charge in [0.1, 0.15) is 17.0 Å². The summed E-state index contributed by atoms with van der Waals surface area (Å²) >= 11 is 0. The molecule has 1 aromatic carbocycles. The van der Waals surface area contributed by atoms with Crippen LogP contribution in [0.3, 0.4) is 0 Å². The van der Waals surface area contributed by atoms with Gasteiger partial charge in [-0.2, -0.15) is 0 Å². The lowest BCUT2D eigenvalue weighted by Gasteiger charge is -2.29. The van der Waals surface area contributed by atoms with Gasteiger partial charge < -0.3 is 28.8 Å². The molecular weight excluding hydrogens is 446 g/mol. The number of rotatable bonds is 7. The van der Waals surface area contributed by atoms with E-state index in [1.807, 2.05) is 0 Å². The van der Waals surface area contributed by atoms with Crippen LogP contribution in [0.2, 0.25) is 0 Å². The second-order valence-corrected chi connectivity index (χ2v) is 9.32. The van der Waals surface area contributed by atoms with Crippen LogP contribution in [-0.2, 0) is 30.3 Å². The van der Waals surface area contributed by atoms with Gasteiger partial charge in [-0.3, -0.25) is 0 Å². The topological polar surface area (TPSA) is 132 Å². The Morgan fingerprint density at radius 1 is 0.941 bits per heavy atom. The number of hydrogen-bond acceptors (Lipinski definition) is 9. The lowest BCUT2D eigenvalue weighted by molar-refractivity contribution is -0.304. The second-order valence-electron chi connectivity index (χ2n) is 9.32. The number of ether oxygens (including phenoxy) is 4. The first-order chi connectivity index (χ1) is 15.6. The number of carbonyl (C=O) groups is 4. The third kappa shape index (κ3) is 9.51. The maximum atomic E-state index is 12.9. The highest BCUT2D eigenvalue weighted by molar-refractivity contribution is 5.98. The van der Waals surface area contributed by atoms with Gasteiger partial charge in [-0.1, -0.05) is 6.07 Å². The van der Waals surface area contributed by atoms with Crippen molar-refractivity contribution in [2.75, 3.05) is 14.2 Å². The normalized spacial score (nSPS) is 11.9. The molecule has 10 heteroatoms. The summed E-state index contributed by atoms with van der Waals surface area (Å²) in [4.78, 5) is 49.7. The van der Waals surface area contributed by atoms with Crippen molar-refractivity contribution in [1.82, 2.24) is 4.90 Å². The fraction of sp³-hybridized carbons (Fsp3) is 0.500. The van der Waals surface area contributed by atoms with E-state index in [0.717, 1.165) is 12.0 Å². The molecule has 0 heterocycles. The van der Waals surface area contributed by atoms with E-state index in [1.54, 1.807) is 59.7 Å². The summed E-state index contributed by atoms with van der Waals surface area (Å²) in [6.45, 7) is 9.61. The first kappa shape index (κ1) is 28.5. The van der Waals surface area contributed by atoms with E-state index < -0.39 is 41.7 Å².